The van der Waals surface area contributed by atoms with Gasteiger partial charge in [-0.25, -0.2) is 9.59 Å². The van der Waals surface area contributed by atoms with Crippen molar-refractivity contribution in [1.82, 2.24) is 10.2 Å². The summed E-state index contributed by atoms with van der Waals surface area (Å²) in [4.78, 5) is 23.8. The number of urea groups is 1. The van der Waals surface area contributed by atoms with E-state index in [4.69, 9.17) is 11.5 Å². The van der Waals surface area contributed by atoms with E-state index < -0.39 is 12.0 Å². The number of terminal acetylenes is 1. The average Bonchev–Trinajstić information content (AvgIpc) is 2.73. The lowest BCUT2D eigenvalue weighted by Crippen LogP contribution is -2.46. The van der Waals surface area contributed by atoms with Crippen molar-refractivity contribution in [2.75, 3.05) is 13.1 Å². The summed E-state index contributed by atoms with van der Waals surface area (Å²) in [5.41, 5.74) is 0. The Hall–Kier alpha value is -1.70. The summed E-state index contributed by atoms with van der Waals surface area (Å²) in [6.07, 6.45) is 7.69. The van der Waals surface area contributed by atoms with Gasteiger partial charge in [-0.3, -0.25) is 0 Å². The third-order valence-corrected chi connectivity index (χ3v) is 2.57. The van der Waals surface area contributed by atoms with Crippen molar-refractivity contribution in [2.24, 2.45) is 0 Å². The van der Waals surface area contributed by atoms with Gasteiger partial charge in [-0.05, 0) is 19.3 Å². The molecule has 0 aromatic carbocycles. The zero-order chi connectivity index (χ0) is 12.0. The summed E-state index contributed by atoms with van der Waals surface area (Å²) >= 11 is 0. The molecule has 5 nitrogen and oxygen atoms in total. The molecule has 16 heavy (non-hydrogen) atoms. The molecule has 1 aliphatic heterocycles. The van der Waals surface area contributed by atoms with Gasteiger partial charge in [-0.1, -0.05) is 0 Å². The quantitative estimate of drug-likeness (QED) is 0.544. The summed E-state index contributed by atoms with van der Waals surface area (Å²) in [6, 6.07) is -0.977. The molecule has 0 aromatic rings. The van der Waals surface area contributed by atoms with Crippen molar-refractivity contribution in [3.63, 3.8) is 0 Å². The van der Waals surface area contributed by atoms with Gasteiger partial charge < -0.3 is 15.3 Å². The van der Waals surface area contributed by atoms with Crippen molar-refractivity contribution in [1.29, 1.82) is 0 Å². The molecule has 0 saturated carbocycles. The highest BCUT2D eigenvalue weighted by atomic mass is 16.4. The molecule has 0 bridgehead atoms. The lowest BCUT2D eigenvalue weighted by Gasteiger charge is -2.21. The molecule has 0 unspecified atom stereocenters. The Bertz CT molecular complexity index is 309. The van der Waals surface area contributed by atoms with E-state index in [2.05, 4.69) is 11.2 Å². The van der Waals surface area contributed by atoms with Gasteiger partial charge in [-0.2, -0.15) is 0 Å². The Balaban J connectivity index is 2.36. The fraction of sp³-hybridized carbons (Fsp3) is 0.636. The SMILES string of the molecule is C#CCCCNC(=O)N1CCC[C@H]1C(=O)O. The van der Waals surface area contributed by atoms with Crippen LogP contribution >= 0.6 is 0 Å². The number of aliphatic carboxylic acids is 1. The van der Waals surface area contributed by atoms with Crippen LogP contribution in [0.4, 0.5) is 4.79 Å². The predicted molar refractivity (Wildman–Crippen MR) is 58.8 cm³/mol. The van der Waals surface area contributed by atoms with E-state index >= 15 is 0 Å². The van der Waals surface area contributed by atoms with Crippen LogP contribution in [0.25, 0.3) is 0 Å². The summed E-state index contributed by atoms with van der Waals surface area (Å²) in [6.45, 7) is 1.00. The second-order valence-corrected chi connectivity index (χ2v) is 3.73. The van der Waals surface area contributed by atoms with Crippen LogP contribution < -0.4 is 5.32 Å². The van der Waals surface area contributed by atoms with E-state index in [-0.39, 0.29) is 6.03 Å². The number of nitrogens with one attached hydrogen (secondary N) is 1. The monoisotopic (exact) mass is 224 g/mol. The molecule has 88 valence electrons. The van der Waals surface area contributed by atoms with E-state index in [0.717, 1.165) is 6.42 Å². The minimum atomic E-state index is -0.934. The Morgan fingerprint density at radius 3 is 2.94 bits per heavy atom. The van der Waals surface area contributed by atoms with Gasteiger partial charge >= 0.3 is 12.0 Å². The molecule has 5 heteroatoms. The number of hydrogen-bond acceptors (Lipinski definition) is 2. The highest BCUT2D eigenvalue weighted by Gasteiger charge is 2.33. The molecule has 1 rings (SSSR count). The third kappa shape index (κ3) is 3.16. The number of nitrogens with zero attached hydrogens (tertiary/aromatic N) is 1. The number of likely N-dealkylation sites (tertiary alicyclic amines) is 1. The Morgan fingerprint density at radius 1 is 1.56 bits per heavy atom. The van der Waals surface area contributed by atoms with Crippen LogP contribution in [0.2, 0.25) is 0 Å². The third-order valence-electron chi connectivity index (χ3n) is 2.57. The van der Waals surface area contributed by atoms with Crippen LogP contribution in [-0.2, 0) is 4.79 Å². The maximum absolute atomic E-state index is 11.6. The van der Waals surface area contributed by atoms with Gasteiger partial charge in [0, 0.05) is 19.5 Å². The molecule has 0 aliphatic carbocycles. The summed E-state index contributed by atoms with van der Waals surface area (Å²) < 4.78 is 0. The minimum Gasteiger partial charge on any atom is -0.480 e. The first kappa shape index (κ1) is 12.4. The molecule has 1 atom stereocenters. The van der Waals surface area contributed by atoms with E-state index in [1.54, 1.807) is 0 Å². The number of rotatable bonds is 4. The van der Waals surface area contributed by atoms with Gasteiger partial charge in [0.15, 0.2) is 0 Å². The molecule has 2 N–H and O–H groups in total. The van der Waals surface area contributed by atoms with Gasteiger partial charge in [0.25, 0.3) is 0 Å². The molecular weight excluding hydrogens is 208 g/mol. The Kier molecular flexibility index (Phi) is 4.65. The molecule has 0 aromatic heterocycles. The van der Waals surface area contributed by atoms with Gasteiger partial charge in [0.2, 0.25) is 0 Å². The molecule has 0 radical (unpaired) electrons. The molecule has 2 amide bonds. The summed E-state index contributed by atoms with van der Waals surface area (Å²) in [5, 5.41) is 11.6. The zero-order valence-corrected chi connectivity index (χ0v) is 9.11. The molecule has 1 fully saturated rings. The van der Waals surface area contributed by atoms with Gasteiger partial charge in [-0.15, -0.1) is 12.3 Å². The number of amides is 2. The maximum Gasteiger partial charge on any atom is 0.326 e. The number of carboxylic acid groups (broad SMARTS) is 1. The smallest absolute Gasteiger partial charge is 0.326 e. The highest BCUT2D eigenvalue weighted by Crippen LogP contribution is 2.17. The fourth-order valence-electron chi connectivity index (χ4n) is 1.75. The van der Waals surface area contributed by atoms with Crippen molar-refractivity contribution in [3.05, 3.63) is 0 Å². The second kappa shape index (κ2) is 6.01. The first-order valence-electron chi connectivity index (χ1n) is 5.37. The number of carbonyl (C=O) groups excluding carboxylic acids is 1. The van der Waals surface area contributed by atoms with Crippen LogP contribution in [0.15, 0.2) is 0 Å². The Labute approximate surface area is 94.8 Å². The highest BCUT2D eigenvalue weighted by molar-refractivity contribution is 5.83. The molecular formula is C11H16N2O3. The topological polar surface area (TPSA) is 69.6 Å². The van der Waals surface area contributed by atoms with Crippen LogP contribution in [0.5, 0.6) is 0 Å². The summed E-state index contributed by atoms with van der Waals surface area (Å²) in [5.74, 6) is 1.54. The molecule has 0 spiro atoms. The maximum atomic E-state index is 11.6. The van der Waals surface area contributed by atoms with E-state index in [9.17, 15) is 9.59 Å². The van der Waals surface area contributed by atoms with Crippen molar-refractivity contribution < 1.29 is 14.7 Å². The van der Waals surface area contributed by atoms with Gasteiger partial charge in [0.05, 0.1) is 0 Å². The van der Waals surface area contributed by atoms with Crippen LogP contribution in [-0.4, -0.2) is 41.1 Å². The normalized spacial score (nSPS) is 19.2. The van der Waals surface area contributed by atoms with Crippen LogP contribution in [0.3, 0.4) is 0 Å². The second-order valence-electron chi connectivity index (χ2n) is 3.73. The number of unbranched alkanes of at least 4 members (excludes halogenated alkanes) is 1. The van der Waals surface area contributed by atoms with Crippen LogP contribution in [0, 0.1) is 12.3 Å². The molecule has 1 saturated heterocycles. The van der Waals surface area contributed by atoms with Gasteiger partial charge in [0.1, 0.15) is 6.04 Å². The average molecular weight is 224 g/mol. The minimum absolute atomic E-state index is 0.304. The largest absolute Gasteiger partial charge is 0.480 e. The zero-order valence-electron chi connectivity index (χ0n) is 9.11. The number of carboxylic acids is 1. The number of carbonyl (C=O) groups is 2. The number of hydrogen-bond donors (Lipinski definition) is 2. The van der Waals surface area contributed by atoms with Crippen molar-refractivity contribution in [2.45, 2.75) is 31.7 Å². The predicted octanol–water partition coefficient (Wildman–Crippen LogP) is 0.658. The van der Waals surface area contributed by atoms with Crippen molar-refractivity contribution >= 4 is 12.0 Å². The standard InChI is InChI=1S/C11H16N2O3/c1-2-3-4-7-12-11(16)13-8-5-6-9(13)10(14)15/h1,9H,3-8H2,(H,12,16)(H,14,15)/t9-/m0/s1. The van der Waals surface area contributed by atoms with Crippen LogP contribution in [0.1, 0.15) is 25.7 Å². The Morgan fingerprint density at radius 2 is 2.31 bits per heavy atom. The summed E-state index contributed by atoms with van der Waals surface area (Å²) in [7, 11) is 0. The lowest BCUT2D eigenvalue weighted by molar-refractivity contribution is -0.141. The van der Waals surface area contributed by atoms with E-state index in [1.807, 2.05) is 0 Å². The van der Waals surface area contributed by atoms with E-state index in [0.29, 0.717) is 32.4 Å². The van der Waals surface area contributed by atoms with Crippen molar-refractivity contribution in [3.8, 4) is 12.3 Å². The first-order chi connectivity index (χ1) is 7.66. The lowest BCUT2D eigenvalue weighted by atomic mass is 10.2. The molecule has 1 aliphatic rings. The molecule has 1 heterocycles. The van der Waals surface area contributed by atoms with E-state index in [1.165, 1.54) is 4.90 Å². The fourth-order valence-corrected chi connectivity index (χ4v) is 1.75. The first-order valence-corrected chi connectivity index (χ1v) is 5.37.